The molecule has 120 valence electrons. The fraction of sp³-hybridized carbons (Fsp3) is 0.286. The molecule has 0 aliphatic carbocycles. The average molecular weight is 309 g/mol. The van der Waals surface area contributed by atoms with E-state index in [0.29, 0.717) is 0 Å². The molecule has 0 spiro atoms. The van der Waals surface area contributed by atoms with Crippen molar-refractivity contribution in [1.82, 2.24) is 4.98 Å². The number of aromatic nitrogens is 1. The van der Waals surface area contributed by atoms with Gasteiger partial charge in [0.2, 0.25) is 0 Å². The predicted octanol–water partition coefficient (Wildman–Crippen LogP) is 6.29. The Labute approximate surface area is 138 Å². The number of benzene rings is 1. The van der Waals surface area contributed by atoms with Crippen molar-refractivity contribution in [2.45, 2.75) is 40.5 Å². The molecule has 1 aromatic heterocycles. The van der Waals surface area contributed by atoms with Crippen molar-refractivity contribution in [3.8, 4) is 0 Å². The van der Waals surface area contributed by atoms with E-state index in [-0.39, 0.29) is 5.82 Å². The number of nitrogens with zero attached hydrogens (tertiary/aromatic N) is 1. The van der Waals surface area contributed by atoms with Crippen LogP contribution < -0.4 is 0 Å². The Kier molecular flexibility index (Phi) is 5.86. The molecular weight excluding hydrogens is 285 g/mol. The third-order valence-electron chi connectivity index (χ3n) is 3.90. The summed E-state index contributed by atoms with van der Waals surface area (Å²) in [5.74, 6) is -0.205. The fourth-order valence-electron chi connectivity index (χ4n) is 2.92. The first-order valence-corrected chi connectivity index (χ1v) is 8.08. The minimum atomic E-state index is -0.205. The molecule has 2 aromatic rings. The first kappa shape index (κ1) is 17.1. The maximum Gasteiger partial charge on any atom is 0.123 e. The molecule has 1 aromatic carbocycles. The zero-order valence-corrected chi connectivity index (χ0v) is 14.4. The van der Waals surface area contributed by atoms with Gasteiger partial charge in [-0.3, -0.25) is 4.98 Å². The highest BCUT2D eigenvalue weighted by Gasteiger charge is 2.15. The zero-order valence-electron chi connectivity index (χ0n) is 14.4. The molecule has 0 amide bonds. The van der Waals surface area contributed by atoms with E-state index in [9.17, 15) is 4.39 Å². The van der Waals surface area contributed by atoms with Gasteiger partial charge in [0.15, 0.2) is 0 Å². The summed E-state index contributed by atoms with van der Waals surface area (Å²) in [5.41, 5.74) is 7.20. The standard InChI is InChI=1S/C21H24FN/c1-5-6-16(4)21(17-7-9-19(22)10-8-17)20(15(2)3)18-11-13-23-14-12-18/h7-14H,5-6H2,1-4H3/b21-16+. The van der Waals surface area contributed by atoms with Crippen molar-refractivity contribution < 1.29 is 4.39 Å². The molecule has 1 nitrogen and oxygen atoms in total. The van der Waals surface area contributed by atoms with Crippen molar-refractivity contribution in [1.29, 1.82) is 0 Å². The van der Waals surface area contributed by atoms with Gasteiger partial charge in [0.1, 0.15) is 5.82 Å². The van der Waals surface area contributed by atoms with Crippen molar-refractivity contribution in [3.05, 3.63) is 76.9 Å². The molecule has 0 atom stereocenters. The number of allylic oxidation sites excluding steroid dienone is 4. The molecule has 0 aliphatic heterocycles. The maximum absolute atomic E-state index is 13.3. The molecule has 0 N–H and O–H groups in total. The Hall–Kier alpha value is -2.22. The number of pyridine rings is 1. The van der Waals surface area contributed by atoms with Crippen LogP contribution in [0.2, 0.25) is 0 Å². The maximum atomic E-state index is 13.3. The second-order valence-electron chi connectivity index (χ2n) is 6.02. The minimum Gasteiger partial charge on any atom is -0.265 e. The Bertz CT molecular complexity index is 705. The molecule has 0 fully saturated rings. The van der Waals surface area contributed by atoms with Gasteiger partial charge in [-0.05, 0) is 73.7 Å². The van der Waals surface area contributed by atoms with E-state index >= 15 is 0 Å². The number of hydrogen-bond acceptors (Lipinski definition) is 1. The summed E-state index contributed by atoms with van der Waals surface area (Å²) < 4.78 is 13.3. The van der Waals surface area contributed by atoms with Crippen molar-refractivity contribution in [2.75, 3.05) is 0 Å². The van der Waals surface area contributed by atoms with Crippen LogP contribution in [0.4, 0.5) is 4.39 Å². The number of rotatable bonds is 5. The zero-order chi connectivity index (χ0) is 16.8. The van der Waals surface area contributed by atoms with Gasteiger partial charge >= 0.3 is 0 Å². The van der Waals surface area contributed by atoms with Crippen LogP contribution in [0.15, 0.2) is 59.9 Å². The van der Waals surface area contributed by atoms with Crippen molar-refractivity contribution in [3.63, 3.8) is 0 Å². The van der Waals surface area contributed by atoms with Gasteiger partial charge in [-0.15, -0.1) is 0 Å². The molecule has 2 heteroatoms. The van der Waals surface area contributed by atoms with Gasteiger partial charge in [-0.2, -0.15) is 0 Å². The Morgan fingerprint density at radius 2 is 1.43 bits per heavy atom. The van der Waals surface area contributed by atoms with Gasteiger partial charge in [0.25, 0.3) is 0 Å². The SMILES string of the molecule is CCC/C(C)=C(/C(=C(C)C)c1ccncc1)c1ccc(F)cc1. The average Bonchev–Trinajstić information content (AvgIpc) is 2.54. The van der Waals surface area contributed by atoms with Crippen molar-refractivity contribution in [2.24, 2.45) is 0 Å². The highest BCUT2D eigenvalue weighted by Crippen LogP contribution is 2.37. The van der Waals surface area contributed by atoms with Gasteiger partial charge in [-0.1, -0.05) is 36.6 Å². The molecular formula is C21H24FN. The summed E-state index contributed by atoms with van der Waals surface area (Å²) in [6, 6.07) is 10.9. The van der Waals surface area contributed by atoms with Crippen LogP contribution in [0, 0.1) is 5.82 Å². The second kappa shape index (κ2) is 7.87. The lowest BCUT2D eigenvalue weighted by molar-refractivity contribution is 0.627. The first-order valence-electron chi connectivity index (χ1n) is 8.08. The van der Waals surface area contributed by atoms with Crippen LogP contribution in [-0.2, 0) is 0 Å². The summed E-state index contributed by atoms with van der Waals surface area (Å²) in [5, 5.41) is 0. The van der Waals surface area contributed by atoms with Crippen LogP contribution in [0.25, 0.3) is 11.1 Å². The Balaban J connectivity index is 2.68. The molecule has 0 radical (unpaired) electrons. The summed E-state index contributed by atoms with van der Waals surface area (Å²) in [6.07, 6.45) is 5.74. The predicted molar refractivity (Wildman–Crippen MR) is 96.4 cm³/mol. The molecule has 0 saturated heterocycles. The van der Waals surface area contributed by atoms with E-state index in [1.54, 1.807) is 0 Å². The van der Waals surface area contributed by atoms with E-state index in [1.165, 1.54) is 34.4 Å². The number of hydrogen-bond donors (Lipinski definition) is 0. The van der Waals surface area contributed by atoms with Gasteiger partial charge in [0, 0.05) is 12.4 Å². The molecule has 0 unspecified atom stereocenters. The molecule has 0 saturated carbocycles. The fourth-order valence-corrected chi connectivity index (χ4v) is 2.92. The Morgan fingerprint density at radius 1 is 0.870 bits per heavy atom. The van der Waals surface area contributed by atoms with Crippen LogP contribution in [0.5, 0.6) is 0 Å². The van der Waals surface area contributed by atoms with Crippen LogP contribution in [0.1, 0.15) is 51.7 Å². The lowest BCUT2D eigenvalue weighted by Crippen LogP contribution is -1.97. The molecule has 0 aliphatic rings. The smallest absolute Gasteiger partial charge is 0.123 e. The van der Waals surface area contributed by atoms with Crippen molar-refractivity contribution >= 4 is 11.1 Å². The van der Waals surface area contributed by atoms with Crippen LogP contribution in [-0.4, -0.2) is 4.98 Å². The van der Waals surface area contributed by atoms with E-state index < -0.39 is 0 Å². The molecule has 2 rings (SSSR count). The minimum absolute atomic E-state index is 0.205. The monoisotopic (exact) mass is 309 g/mol. The summed E-state index contributed by atoms with van der Waals surface area (Å²) in [6.45, 7) is 8.60. The lowest BCUT2D eigenvalue weighted by Gasteiger charge is -2.19. The summed E-state index contributed by atoms with van der Waals surface area (Å²) in [4.78, 5) is 4.12. The summed E-state index contributed by atoms with van der Waals surface area (Å²) in [7, 11) is 0. The molecule has 23 heavy (non-hydrogen) atoms. The van der Waals surface area contributed by atoms with E-state index in [1.807, 2.05) is 36.7 Å². The normalized spacial score (nSPS) is 11.9. The second-order valence-corrected chi connectivity index (χ2v) is 6.02. The Morgan fingerprint density at radius 3 is 1.96 bits per heavy atom. The molecule has 0 bridgehead atoms. The highest BCUT2D eigenvalue weighted by atomic mass is 19.1. The quantitative estimate of drug-likeness (QED) is 0.592. The number of halogens is 1. The third-order valence-corrected chi connectivity index (χ3v) is 3.90. The largest absolute Gasteiger partial charge is 0.265 e. The lowest BCUT2D eigenvalue weighted by atomic mass is 9.86. The van der Waals surface area contributed by atoms with Gasteiger partial charge in [0.05, 0.1) is 0 Å². The topological polar surface area (TPSA) is 12.9 Å². The third kappa shape index (κ3) is 4.16. The highest BCUT2D eigenvalue weighted by molar-refractivity contribution is 6.07. The van der Waals surface area contributed by atoms with Crippen LogP contribution in [0.3, 0.4) is 0 Å². The van der Waals surface area contributed by atoms with E-state index in [2.05, 4.69) is 32.7 Å². The van der Waals surface area contributed by atoms with E-state index in [4.69, 9.17) is 0 Å². The molecule has 1 heterocycles. The van der Waals surface area contributed by atoms with E-state index in [0.717, 1.165) is 24.0 Å². The van der Waals surface area contributed by atoms with Crippen LogP contribution >= 0.6 is 0 Å². The summed E-state index contributed by atoms with van der Waals surface area (Å²) >= 11 is 0. The van der Waals surface area contributed by atoms with Gasteiger partial charge < -0.3 is 0 Å². The van der Waals surface area contributed by atoms with Gasteiger partial charge in [-0.25, -0.2) is 4.39 Å². The first-order chi connectivity index (χ1) is 11.0.